The zero-order chi connectivity index (χ0) is 28.5. The van der Waals surface area contributed by atoms with E-state index in [4.69, 9.17) is 5.26 Å². The maximum absolute atomic E-state index is 13.4. The molecule has 0 saturated carbocycles. The number of rotatable bonds is 8. The molecule has 1 fully saturated rings. The molecule has 2 amide bonds. The minimum atomic E-state index is -4.81. The van der Waals surface area contributed by atoms with E-state index in [2.05, 4.69) is 9.88 Å². The van der Waals surface area contributed by atoms with E-state index in [-0.39, 0.29) is 28.3 Å². The second kappa shape index (κ2) is 10.9. The number of benzene rings is 1. The fourth-order valence-electron chi connectivity index (χ4n) is 4.70. The van der Waals surface area contributed by atoms with Gasteiger partial charge in [0.05, 0.1) is 29.2 Å². The molecule has 14 heteroatoms. The van der Waals surface area contributed by atoms with E-state index in [0.29, 0.717) is 51.6 Å². The summed E-state index contributed by atoms with van der Waals surface area (Å²) in [5.74, 6) is -1.35. The monoisotopic (exact) mass is 564 g/mol. The number of sulfonamides is 1. The highest BCUT2D eigenvalue weighted by molar-refractivity contribution is 7.89. The highest BCUT2D eigenvalue weighted by atomic mass is 32.2. The predicted molar refractivity (Wildman–Crippen MR) is 134 cm³/mol. The molecule has 208 valence electrons. The Morgan fingerprint density at radius 1 is 1.08 bits per heavy atom. The molecule has 0 radical (unpaired) electrons. The number of alkyl halides is 3. The van der Waals surface area contributed by atoms with Crippen molar-refractivity contribution in [1.82, 2.24) is 18.8 Å². The van der Waals surface area contributed by atoms with Gasteiger partial charge in [0.25, 0.3) is 21.8 Å². The van der Waals surface area contributed by atoms with Crippen LogP contribution < -0.4 is 4.90 Å². The van der Waals surface area contributed by atoms with Crippen LogP contribution in [0.3, 0.4) is 0 Å². The van der Waals surface area contributed by atoms with Crippen molar-refractivity contribution in [1.29, 1.82) is 5.26 Å². The number of hydrogen-bond donors (Lipinski definition) is 0. The van der Waals surface area contributed by atoms with Crippen molar-refractivity contribution in [3.63, 3.8) is 0 Å². The van der Waals surface area contributed by atoms with Gasteiger partial charge in [-0.3, -0.25) is 9.59 Å². The number of imide groups is 1. The summed E-state index contributed by atoms with van der Waals surface area (Å²) >= 11 is 0. The molecule has 0 aliphatic carbocycles. The van der Waals surface area contributed by atoms with E-state index in [9.17, 15) is 31.2 Å². The number of aromatic nitrogens is 2. The first-order chi connectivity index (χ1) is 18.3. The number of imidazole rings is 1. The third-order valence-corrected chi connectivity index (χ3v) is 8.68. The number of carbonyl (C=O) groups is 2. The first kappa shape index (κ1) is 28.5. The van der Waals surface area contributed by atoms with Crippen LogP contribution in [0.5, 0.6) is 0 Å². The van der Waals surface area contributed by atoms with Crippen molar-refractivity contribution in [3.8, 4) is 6.07 Å². The molecule has 10 nitrogen and oxygen atoms in total. The molecule has 3 heterocycles. The third-order valence-electron chi connectivity index (χ3n) is 6.89. The lowest BCUT2D eigenvalue weighted by atomic mass is 10.0. The number of anilines is 1. The molecule has 0 spiro atoms. The zero-order valence-electron chi connectivity index (χ0n) is 21.4. The summed E-state index contributed by atoms with van der Waals surface area (Å²) in [7, 11) is -1.95. The van der Waals surface area contributed by atoms with Gasteiger partial charge in [-0.25, -0.2) is 18.3 Å². The molecule has 2 aliphatic rings. The van der Waals surface area contributed by atoms with E-state index in [1.54, 1.807) is 11.6 Å². The van der Waals surface area contributed by atoms with Crippen molar-refractivity contribution in [2.24, 2.45) is 7.05 Å². The van der Waals surface area contributed by atoms with Gasteiger partial charge in [-0.15, -0.1) is 0 Å². The van der Waals surface area contributed by atoms with Crippen molar-refractivity contribution in [2.45, 2.75) is 37.4 Å². The number of aryl methyl sites for hydroxylation is 1. The Kier molecular flexibility index (Phi) is 7.97. The summed E-state index contributed by atoms with van der Waals surface area (Å²) in [6, 6.07) is 4.24. The molecule has 4 rings (SSSR count). The molecule has 1 aromatic heterocycles. The SMILES string of the molecule is CC1=C(CCCCN2CCN(S(=O)(=O)c3cn(C)cn3)CC2)C(=O)N(c2ccc(C#N)c(C(F)(F)F)c2)C1=O. The van der Waals surface area contributed by atoms with Gasteiger partial charge in [0.15, 0.2) is 5.03 Å². The molecule has 1 saturated heterocycles. The van der Waals surface area contributed by atoms with Crippen LogP contribution in [0.15, 0.2) is 46.9 Å². The summed E-state index contributed by atoms with van der Waals surface area (Å²) in [6.45, 7) is 3.88. The third kappa shape index (κ3) is 5.75. The molecule has 0 bridgehead atoms. The van der Waals surface area contributed by atoms with Crippen LogP contribution in [0.4, 0.5) is 18.9 Å². The highest BCUT2D eigenvalue weighted by Gasteiger charge is 2.39. The van der Waals surface area contributed by atoms with Gasteiger partial charge >= 0.3 is 6.18 Å². The standard InChI is InChI=1S/C25H27F3N6O4S/c1-17-20(24(36)34(23(17)35)19-7-6-18(14-29)21(13-19)25(26,27)28)5-3-4-8-32-9-11-33(12-10-32)39(37,38)22-15-31(2)16-30-22/h6-7,13,15-16H,3-5,8-12H2,1-2H3. The molecular weight excluding hydrogens is 537 g/mol. The van der Waals surface area contributed by atoms with Crippen molar-refractivity contribution >= 4 is 27.5 Å². The Morgan fingerprint density at radius 3 is 2.36 bits per heavy atom. The van der Waals surface area contributed by atoms with Gasteiger partial charge in [-0.2, -0.15) is 22.7 Å². The van der Waals surface area contributed by atoms with Gasteiger partial charge in [-0.1, -0.05) is 0 Å². The van der Waals surface area contributed by atoms with Gasteiger partial charge < -0.3 is 9.47 Å². The lowest BCUT2D eigenvalue weighted by molar-refractivity contribution is -0.138. The first-order valence-electron chi connectivity index (χ1n) is 12.2. The molecular formula is C25H27F3N6O4S. The summed E-state index contributed by atoms with van der Waals surface area (Å²) in [6.07, 6.45) is -0.388. The second-order valence-corrected chi connectivity index (χ2v) is 11.4. The Hall–Kier alpha value is -3.54. The first-order valence-corrected chi connectivity index (χ1v) is 13.7. The van der Waals surface area contributed by atoms with E-state index >= 15 is 0 Å². The minimum absolute atomic E-state index is 0.0163. The average Bonchev–Trinajstić information content (AvgIpc) is 3.43. The van der Waals surface area contributed by atoms with Crippen LogP contribution >= 0.6 is 0 Å². The molecule has 0 unspecified atom stereocenters. The smallest absolute Gasteiger partial charge is 0.339 e. The van der Waals surface area contributed by atoms with E-state index < -0.39 is 39.1 Å². The Labute approximate surface area is 224 Å². The van der Waals surface area contributed by atoms with Crippen LogP contribution in [0.2, 0.25) is 0 Å². The van der Waals surface area contributed by atoms with Gasteiger partial charge in [-0.05, 0) is 50.9 Å². The number of unbranched alkanes of at least 4 members (excludes halogenated alkanes) is 1. The van der Waals surface area contributed by atoms with E-state index in [0.717, 1.165) is 17.0 Å². The van der Waals surface area contributed by atoms with E-state index in [1.807, 2.05) is 0 Å². The molecule has 2 aliphatic heterocycles. The summed E-state index contributed by atoms with van der Waals surface area (Å²) < 4.78 is 68.6. The van der Waals surface area contributed by atoms with Gasteiger partial charge in [0.2, 0.25) is 0 Å². The quantitative estimate of drug-likeness (QED) is 0.357. The maximum atomic E-state index is 13.4. The Morgan fingerprint density at radius 2 is 1.77 bits per heavy atom. The normalized spacial score (nSPS) is 17.8. The Balaban J connectivity index is 1.31. The zero-order valence-corrected chi connectivity index (χ0v) is 22.2. The van der Waals surface area contributed by atoms with Crippen LogP contribution in [0.25, 0.3) is 0 Å². The van der Waals surface area contributed by atoms with E-state index in [1.165, 1.54) is 29.8 Å². The van der Waals surface area contributed by atoms with Crippen molar-refractivity contribution in [3.05, 3.63) is 53.0 Å². The maximum Gasteiger partial charge on any atom is 0.417 e. The average molecular weight is 565 g/mol. The fraction of sp³-hybridized carbons (Fsp3) is 0.440. The number of nitriles is 1. The van der Waals surface area contributed by atoms with Crippen LogP contribution in [-0.4, -0.2) is 71.7 Å². The van der Waals surface area contributed by atoms with Crippen molar-refractivity contribution in [2.75, 3.05) is 37.6 Å². The number of hydrogen-bond acceptors (Lipinski definition) is 7. The summed E-state index contributed by atoms with van der Waals surface area (Å²) in [4.78, 5) is 32.6. The van der Waals surface area contributed by atoms with Crippen LogP contribution in [0.1, 0.15) is 37.3 Å². The van der Waals surface area contributed by atoms with Gasteiger partial charge in [0.1, 0.15) is 0 Å². The molecule has 2 aromatic rings. The predicted octanol–water partition coefficient (Wildman–Crippen LogP) is 2.68. The number of amides is 2. The fourth-order valence-corrected chi connectivity index (χ4v) is 6.09. The largest absolute Gasteiger partial charge is 0.417 e. The molecule has 0 atom stereocenters. The minimum Gasteiger partial charge on any atom is -0.339 e. The summed E-state index contributed by atoms with van der Waals surface area (Å²) in [5.41, 5.74) is -1.59. The number of carbonyl (C=O) groups excluding carboxylic acids is 2. The topological polar surface area (TPSA) is 120 Å². The van der Waals surface area contributed by atoms with Gasteiger partial charge in [0, 0.05) is 50.6 Å². The second-order valence-electron chi connectivity index (χ2n) is 9.47. The van der Waals surface area contributed by atoms with Crippen molar-refractivity contribution < 1.29 is 31.2 Å². The molecule has 0 N–H and O–H groups in total. The highest BCUT2D eigenvalue weighted by Crippen LogP contribution is 2.37. The van der Waals surface area contributed by atoms with Crippen LogP contribution in [0, 0.1) is 11.3 Å². The lowest BCUT2D eigenvalue weighted by Gasteiger charge is -2.33. The number of piperazine rings is 1. The molecule has 39 heavy (non-hydrogen) atoms. The number of nitrogens with zero attached hydrogens (tertiary/aromatic N) is 6. The number of halogens is 3. The lowest BCUT2D eigenvalue weighted by Crippen LogP contribution is -2.48. The Bertz CT molecular complexity index is 1470. The van der Waals surface area contributed by atoms with Crippen LogP contribution in [-0.2, 0) is 32.8 Å². The molecule has 1 aromatic carbocycles. The summed E-state index contributed by atoms with van der Waals surface area (Å²) in [5, 5.41) is 9.01.